The van der Waals surface area contributed by atoms with Crippen LogP contribution in [0.4, 0.5) is 0 Å². The lowest BCUT2D eigenvalue weighted by Crippen LogP contribution is -2.45. The van der Waals surface area contributed by atoms with E-state index in [1.807, 2.05) is 0 Å². The van der Waals surface area contributed by atoms with Gasteiger partial charge in [-0.05, 0) is 36.5 Å². The molecule has 102 valence electrons. The van der Waals surface area contributed by atoms with Crippen LogP contribution in [-0.2, 0) is 4.43 Å². The van der Waals surface area contributed by atoms with E-state index in [1.165, 1.54) is 0 Å². The molecule has 0 saturated carbocycles. The van der Waals surface area contributed by atoms with Gasteiger partial charge in [0.05, 0.1) is 6.04 Å². The molecule has 0 aromatic heterocycles. The molecule has 1 aliphatic carbocycles. The van der Waals surface area contributed by atoms with Crippen LogP contribution in [0.5, 0.6) is 0 Å². The van der Waals surface area contributed by atoms with Gasteiger partial charge in [0.15, 0.2) is 8.32 Å². The lowest BCUT2D eigenvalue weighted by Gasteiger charge is -2.40. The molecular formula is C12H22BrN3OSi. The van der Waals surface area contributed by atoms with Gasteiger partial charge in [-0.15, -0.1) is 0 Å². The van der Waals surface area contributed by atoms with E-state index in [-0.39, 0.29) is 17.2 Å². The van der Waals surface area contributed by atoms with Crippen LogP contribution in [0.2, 0.25) is 18.1 Å². The van der Waals surface area contributed by atoms with Gasteiger partial charge in [-0.2, -0.15) is 0 Å². The summed E-state index contributed by atoms with van der Waals surface area (Å²) in [7, 11) is -1.75. The van der Waals surface area contributed by atoms with E-state index in [2.05, 4.69) is 65.9 Å². The van der Waals surface area contributed by atoms with Gasteiger partial charge < -0.3 is 4.43 Å². The van der Waals surface area contributed by atoms with E-state index in [9.17, 15) is 0 Å². The summed E-state index contributed by atoms with van der Waals surface area (Å²) < 4.78 is 7.34. The van der Waals surface area contributed by atoms with Crippen LogP contribution in [0.1, 0.15) is 33.6 Å². The predicted molar refractivity (Wildman–Crippen MR) is 81.2 cm³/mol. The molecule has 1 aliphatic rings. The molecule has 0 aromatic carbocycles. The Kier molecular flexibility index (Phi) is 5.06. The van der Waals surface area contributed by atoms with Crippen molar-refractivity contribution in [2.24, 2.45) is 5.11 Å². The maximum Gasteiger partial charge on any atom is 0.192 e. The van der Waals surface area contributed by atoms with Crippen LogP contribution < -0.4 is 0 Å². The van der Waals surface area contributed by atoms with Crippen LogP contribution in [0.15, 0.2) is 15.7 Å². The number of nitrogens with zero attached hydrogens (tertiary/aromatic N) is 3. The van der Waals surface area contributed by atoms with E-state index in [0.717, 1.165) is 17.3 Å². The third-order valence-electron chi connectivity index (χ3n) is 3.84. The molecule has 0 fully saturated rings. The first-order valence-corrected chi connectivity index (χ1v) is 9.95. The highest BCUT2D eigenvalue weighted by atomic mass is 79.9. The summed E-state index contributed by atoms with van der Waals surface area (Å²) >= 11 is 3.45. The molecule has 0 heterocycles. The summed E-state index contributed by atoms with van der Waals surface area (Å²) in [4.78, 5) is 2.90. The van der Waals surface area contributed by atoms with Gasteiger partial charge in [-0.3, -0.25) is 0 Å². The first kappa shape index (κ1) is 15.8. The molecule has 0 unspecified atom stereocenters. The summed E-state index contributed by atoms with van der Waals surface area (Å²) in [6.45, 7) is 11.2. The monoisotopic (exact) mass is 331 g/mol. The van der Waals surface area contributed by atoms with Crippen LogP contribution in [0.25, 0.3) is 10.4 Å². The third-order valence-corrected chi connectivity index (χ3v) is 9.23. The van der Waals surface area contributed by atoms with Crippen molar-refractivity contribution in [3.05, 3.63) is 21.0 Å². The number of hydrogen-bond donors (Lipinski definition) is 0. The van der Waals surface area contributed by atoms with Gasteiger partial charge in [0.25, 0.3) is 0 Å². The molecule has 0 amide bonds. The highest BCUT2D eigenvalue weighted by Gasteiger charge is 2.39. The fourth-order valence-electron chi connectivity index (χ4n) is 1.69. The van der Waals surface area contributed by atoms with Gasteiger partial charge in [-0.25, -0.2) is 0 Å². The number of halogens is 1. The summed E-state index contributed by atoms with van der Waals surface area (Å²) in [5, 5.41) is 4.02. The molecule has 4 nitrogen and oxygen atoms in total. The minimum Gasteiger partial charge on any atom is -0.414 e. The van der Waals surface area contributed by atoms with E-state index in [1.54, 1.807) is 0 Å². The number of hydrogen-bond acceptors (Lipinski definition) is 2. The Morgan fingerprint density at radius 2 is 2.11 bits per heavy atom. The van der Waals surface area contributed by atoms with Crippen molar-refractivity contribution in [3.63, 3.8) is 0 Å². The SMILES string of the molecule is CC(C)(C)[Si](C)(C)O[C@H]1CC=C(Br)[C@@H](N=[N+]=[N-])C1. The second-order valence-corrected chi connectivity index (χ2v) is 12.0. The minimum atomic E-state index is -1.75. The molecular weight excluding hydrogens is 310 g/mol. The lowest BCUT2D eigenvalue weighted by atomic mass is 10.0. The maximum absolute atomic E-state index is 8.56. The van der Waals surface area contributed by atoms with Crippen LogP contribution >= 0.6 is 15.9 Å². The van der Waals surface area contributed by atoms with Crippen LogP contribution in [-0.4, -0.2) is 20.5 Å². The topological polar surface area (TPSA) is 58.0 Å². The second kappa shape index (κ2) is 5.78. The Bertz CT molecular complexity index is 383. The van der Waals surface area contributed by atoms with Crippen molar-refractivity contribution in [1.29, 1.82) is 0 Å². The normalized spacial score (nSPS) is 25.3. The fraction of sp³-hybridized carbons (Fsp3) is 0.833. The van der Waals surface area contributed by atoms with Crippen LogP contribution in [0.3, 0.4) is 0 Å². The predicted octanol–water partition coefficient (Wildman–Crippen LogP) is 5.13. The molecule has 0 spiro atoms. The molecule has 0 radical (unpaired) electrons. The Hall–Kier alpha value is -0.293. The van der Waals surface area contributed by atoms with Gasteiger partial charge in [0.1, 0.15) is 0 Å². The highest BCUT2D eigenvalue weighted by molar-refractivity contribution is 9.11. The molecule has 6 heteroatoms. The van der Waals surface area contributed by atoms with E-state index < -0.39 is 8.32 Å². The molecule has 18 heavy (non-hydrogen) atoms. The molecule has 0 bridgehead atoms. The quantitative estimate of drug-likeness (QED) is 0.306. The van der Waals surface area contributed by atoms with Gasteiger partial charge in [0, 0.05) is 15.5 Å². The van der Waals surface area contributed by atoms with E-state index >= 15 is 0 Å². The third kappa shape index (κ3) is 3.85. The van der Waals surface area contributed by atoms with Gasteiger partial charge >= 0.3 is 0 Å². The van der Waals surface area contributed by atoms with Gasteiger partial charge in [-0.1, -0.05) is 47.9 Å². The molecule has 0 aliphatic heterocycles. The zero-order valence-electron chi connectivity index (χ0n) is 11.8. The first-order chi connectivity index (χ1) is 8.17. The number of azide groups is 1. The van der Waals surface area contributed by atoms with Crippen molar-refractivity contribution < 1.29 is 4.43 Å². The van der Waals surface area contributed by atoms with Crippen molar-refractivity contribution in [2.45, 2.75) is 63.9 Å². The standard InChI is InChI=1S/C12H22BrN3OSi/c1-12(2,3)18(4,5)17-9-6-7-10(13)11(8-9)15-16-14/h7,9,11H,6,8H2,1-5H3/t9-,11-/m0/s1. The van der Waals surface area contributed by atoms with E-state index in [4.69, 9.17) is 9.96 Å². The largest absolute Gasteiger partial charge is 0.414 e. The molecule has 0 N–H and O–H groups in total. The molecule has 0 saturated heterocycles. The minimum absolute atomic E-state index is 0.112. The van der Waals surface area contributed by atoms with Crippen molar-refractivity contribution in [1.82, 2.24) is 0 Å². The maximum atomic E-state index is 8.56. The zero-order valence-corrected chi connectivity index (χ0v) is 14.4. The van der Waals surface area contributed by atoms with Crippen molar-refractivity contribution in [3.8, 4) is 0 Å². The lowest BCUT2D eigenvalue weighted by molar-refractivity contribution is 0.164. The van der Waals surface area contributed by atoms with E-state index in [0.29, 0.717) is 0 Å². The second-order valence-electron chi connectivity index (χ2n) is 6.28. The summed E-state index contributed by atoms with van der Waals surface area (Å²) in [5.74, 6) is 0. The Balaban J connectivity index is 2.74. The fourth-order valence-corrected chi connectivity index (χ4v) is 3.54. The summed E-state index contributed by atoms with van der Waals surface area (Å²) in [6.07, 6.45) is 3.90. The average molecular weight is 332 g/mol. The van der Waals surface area contributed by atoms with Crippen molar-refractivity contribution >= 4 is 24.2 Å². The molecule has 0 aromatic rings. The highest BCUT2D eigenvalue weighted by Crippen LogP contribution is 2.39. The average Bonchev–Trinajstić information content (AvgIpc) is 2.21. The van der Waals surface area contributed by atoms with Crippen molar-refractivity contribution in [2.75, 3.05) is 0 Å². The summed E-state index contributed by atoms with van der Waals surface area (Å²) in [6, 6.07) is -0.112. The van der Waals surface area contributed by atoms with Crippen LogP contribution in [0, 0.1) is 0 Å². The Labute approximate surface area is 119 Å². The zero-order chi connectivity index (χ0) is 14.0. The summed E-state index contributed by atoms with van der Waals surface area (Å²) in [5.41, 5.74) is 8.56. The Morgan fingerprint density at radius 3 is 2.61 bits per heavy atom. The Morgan fingerprint density at radius 1 is 1.50 bits per heavy atom. The molecule has 1 rings (SSSR count). The molecule has 2 atom stereocenters. The van der Waals surface area contributed by atoms with Gasteiger partial charge in [0.2, 0.25) is 0 Å². The smallest absolute Gasteiger partial charge is 0.192 e. The number of rotatable bonds is 3. The first-order valence-electron chi connectivity index (χ1n) is 6.25.